The molecule has 1 amide bonds. The summed E-state index contributed by atoms with van der Waals surface area (Å²) >= 11 is 1.61. The number of nitrogen functional groups attached to an aromatic ring is 1. The molecule has 3 N–H and O–H groups in total. The standard InChI is InChI=1S/C19H28N2O3S/c1-19(2,3)10-8-13-12-14(20)6-7-15(13)17(22)21-16(9-11-25-5)18(23)24-4/h6-8,10,12,16H,9,11,20H2,1-5H3,(H,21,22)/t16-/m0/s1. The molecule has 6 heteroatoms. The number of benzene rings is 1. The maximum Gasteiger partial charge on any atom is 0.328 e. The first kappa shape index (κ1) is 21.1. The fraction of sp³-hybridized carbons (Fsp3) is 0.474. The molecule has 0 saturated carbocycles. The predicted octanol–water partition coefficient (Wildman–Crippen LogP) is 3.35. The maximum absolute atomic E-state index is 12.7. The van der Waals surface area contributed by atoms with E-state index in [1.165, 1.54) is 7.11 Å². The molecule has 1 aromatic rings. The van der Waals surface area contributed by atoms with Crippen LogP contribution in [0, 0.1) is 5.41 Å². The monoisotopic (exact) mass is 364 g/mol. The van der Waals surface area contributed by atoms with Crippen LogP contribution in [0.4, 0.5) is 5.69 Å². The number of allylic oxidation sites excluding steroid dienone is 1. The molecule has 0 aliphatic rings. The lowest BCUT2D eigenvalue weighted by molar-refractivity contribution is -0.142. The van der Waals surface area contributed by atoms with Crippen molar-refractivity contribution in [2.75, 3.05) is 24.9 Å². The SMILES string of the molecule is COC(=O)[C@H](CCSC)NC(=O)c1ccc(N)cc1C=CC(C)(C)C. The smallest absolute Gasteiger partial charge is 0.328 e. The number of nitrogens with two attached hydrogens (primary N) is 1. The third kappa shape index (κ3) is 7.22. The van der Waals surface area contributed by atoms with Crippen molar-refractivity contribution in [1.29, 1.82) is 0 Å². The number of nitrogens with one attached hydrogen (secondary N) is 1. The number of hydrogen-bond donors (Lipinski definition) is 2. The summed E-state index contributed by atoms with van der Waals surface area (Å²) in [7, 11) is 1.32. The van der Waals surface area contributed by atoms with Crippen molar-refractivity contribution in [1.82, 2.24) is 5.32 Å². The van der Waals surface area contributed by atoms with E-state index in [4.69, 9.17) is 10.5 Å². The topological polar surface area (TPSA) is 81.4 Å². The minimum absolute atomic E-state index is 0.0226. The second-order valence-corrected chi connectivity index (χ2v) is 7.86. The molecule has 0 aromatic heterocycles. The summed E-state index contributed by atoms with van der Waals surface area (Å²) in [4.78, 5) is 24.6. The van der Waals surface area contributed by atoms with Gasteiger partial charge < -0.3 is 15.8 Å². The largest absolute Gasteiger partial charge is 0.467 e. The zero-order valence-corrected chi connectivity index (χ0v) is 16.4. The Labute approximate surface area is 154 Å². The summed E-state index contributed by atoms with van der Waals surface area (Å²) in [5.41, 5.74) is 7.62. The van der Waals surface area contributed by atoms with Crippen LogP contribution in [-0.4, -0.2) is 37.0 Å². The number of ether oxygens (including phenoxy) is 1. The summed E-state index contributed by atoms with van der Waals surface area (Å²) in [6.07, 6.45) is 6.37. The zero-order valence-electron chi connectivity index (χ0n) is 15.6. The van der Waals surface area contributed by atoms with Crippen molar-refractivity contribution < 1.29 is 14.3 Å². The molecule has 5 nitrogen and oxygen atoms in total. The van der Waals surface area contributed by atoms with Crippen molar-refractivity contribution in [3.05, 3.63) is 35.4 Å². The van der Waals surface area contributed by atoms with Gasteiger partial charge in [0.25, 0.3) is 5.91 Å². The minimum Gasteiger partial charge on any atom is -0.467 e. The van der Waals surface area contributed by atoms with Gasteiger partial charge in [0.15, 0.2) is 0 Å². The van der Waals surface area contributed by atoms with E-state index in [0.717, 1.165) is 11.3 Å². The molecule has 0 radical (unpaired) electrons. The normalized spacial score (nSPS) is 12.8. The highest BCUT2D eigenvalue weighted by atomic mass is 32.2. The maximum atomic E-state index is 12.7. The second kappa shape index (κ2) is 9.51. The van der Waals surface area contributed by atoms with E-state index in [1.54, 1.807) is 30.0 Å². The van der Waals surface area contributed by atoms with Crippen LogP contribution < -0.4 is 11.1 Å². The van der Waals surface area contributed by atoms with E-state index in [9.17, 15) is 9.59 Å². The summed E-state index contributed by atoms with van der Waals surface area (Å²) < 4.78 is 4.79. The quantitative estimate of drug-likeness (QED) is 0.573. The molecule has 0 spiro atoms. The van der Waals surface area contributed by atoms with Gasteiger partial charge in [0.1, 0.15) is 6.04 Å². The van der Waals surface area contributed by atoms with Crippen molar-refractivity contribution in [3.8, 4) is 0 Å². The zero-order chi connectivity index (χ0) is 19.0. The number of carbonyl (C=O) groups is 2. The Kier molecular flexibility index (Phi) is 8.03. The molecule has 0 saturated heterocycles. The van der Waals surface area contributed by atoms with Crippen LogP contribution in [0.1, 0.15) is 43.1 Å². The van der Waals surface area contributed by atoms with E-state index in [2.05, 4.69) is 26.1 Å². The van der Waals surface area contributed by atoms with Gasteiger partial charge in [-0.25, -0.2) is 4.79 Å². The first-order valence-corrected chi connectivity index (χ1v) is 9.53. The Hall–Kier alpha value is -1.95. The molecule has 25 heavy (non-hydrogen) atoms. The number of anilines is 1. The molecule has 1 aromatic carbocycles. The van der Waals surface area contributed by atoms with E-state index in [1.807, 2.05) is 18.4 Å². The predicted molar refractivity (Wildman–Crippen MR) is 106 cm³/mol. The molecular formula is C19H28N2O3S. The Morgan fingerprint density at radius 2 is 2.04 bits per heavy atom. The van der Waals surface area contributed by atoms with Gasteiger partial charge in [0.2, 0.25) is 0 Å². The van der Waals surface area contributed by atoms with Crippen LogP contribution in [0.25, 0.3) is 6.08 Å². The van der Waals surface area contributed by atoms with Crippen molar-refractivity contribution >= 4 is 35.4 Å². The minimum atomic E-state index is -0.665. The van der Waals surface area contributed by atoms with Gasteiger partial charge in [0.05, 0.1) is 7.11 Å². The number of carbonyl (C=O) groups excluding carboxylic acids is 2. The van der Waals surface area contributed by atoms with Gasteiger partial charge in [-0.1, -0.05) is 32.9 Å². The van der Waals surface area contributed by atoms with Crippen LogP contribution in [0.2, 0.25) is 0 Å². The van der Waals surface area contributed by atoms with Gasteiger partial charge in [-0.15, -0.1) is 0 Å². The first-order chi connectivity index (χ1) is 11.7. The molecule has 0 bridgehead atoms. The number of rotatable bonds is 7. The average molecular weight is 365 g/mol. The van der Waals surface area contributed by atoms with Crippen LogP contribution in [0.3, 0.4) is 0 Å². The van der Waals surface area contributed by atoms with Crippen molar-refractivity contribution in [2.24, 2.45) is 5.41 Å². The molecule has 0 aliphatic heterocycles. The number of amides is 1. The third-order valence-electron chi connectivity index (χ3n) is 3.48. The highest BCUT2D eigenvalue weighted by Crippen LogP contribution is 2.21. The summed E-state index contributed by atoms with van der Waals surface area (Å²) in [5, 5.41) is 2.77. The van der Waals surface area contributed by atoms with Crippen LogP contribution in [-0.2, 0) is 9.53 Å². The summed E-state index contributed by atoms with van der Waals surface area (Å²) in [6.45, 7) is 6.22. The molecule has 1 rings (SSSR count). The summed E-state index contributed by atoms with van der Waals surface area (Å²) in [6, 6.07) is 4.45. The Balaban J connectivity index is 3.07. The van der Waals surface area contributed by atoms with Gasteiger partial charge >= 0.3 is 5.97 Å². The van der Waals surface area contributed by atoms with Crippen molar-refractivity contribution in [3.63, 3.8) is 0 Å². The number of esters is 1. The van der Waals surface area contributed by atoms with Gasteiger partial charge in [-0.05, 0) is 47.6 Å². The van der Waals surface area contributed by atoms with E-state index < -0.39 is 12.0 Å². The molecule has 0 aliphatic carbocycles. The lowest BCUT2D eigenvalue weighted by Gasteiger charge is -2.17. The van der Waals surface area contributed by atoms with Gasteiger partial charge in [-0.2, -0.15) is 11.8 Å². The Bertz CT molecular complexity index is 636. The fourth-order valence-corrected chi connectivity index (χ4v) is 2.60. The fourth-order valence-electron chi connectivity index (χ4n) is 2.13. The van der Waals surface area contributed by atoms with Crippen LogP contribution in [0.15, 0.2) is 24.3 Å². The highest BCUT2D eigenvalue weighted by molar-refractivity contribution is 7.98. The molecular weight excluding hydrogens is 336 g/mol. The van der Waals surface area contributed by atoms with E-state index >= 15 is 0 Å². The lowest BCUT2D eigenvalue weighted by atomic mass is 9.94. The third-order valence-corrected chi connectivity index (χ3v) is 4.13. The molecule has 0 fully saturated rings. The average Bonchev–Trinajstić information content (AvgIpc) is 2.55. The summed E-state index contributed by atoms with van der Waals surface area (Å²) in [5.74, 6) is -0.00634. The van der Waals surface area contributed by atoms with E-state index in [-0.39, 0.29) is 11.3 Å². The highest BCUT2D eigenvalue weighted by Gasteiger charge is 2.22. The molecule has 138 valence electrons. The van der Waals surface area contributed by atoms with Gasteiger partial charge in [-0.3, -0.25) is 4.79 Å². The van der Waals surface area contributed by atoms with Crippen molar-refractivity contribution in [2.45, 2.75) is 33.2 Å². The molecule has 0 heterocycles. The first-order valence-electron chi connectivity index (χ1n) is 8.14. The lowest BCUT2D eigenvalue weighted by Crippen LogP contribution is -2.42. The Morgan fingerprint density at radius 3 is 2.60 bits per heavy atom. The van der Waals surface area contributed by atoms with Crippen LogP contribution in [0.5, 0.6) is 0 Å². The van der Waals surface area contributed by atoms with Gasteiger partial charge in [0, 0.05) is 11.3 Å². The van der Waals surface area contributed by atoms with Crippen LogP contribution >= 0.6 is 11.8 Å². The second-order valence-electron chi connectivity index (χ2n) is 6.88. The number of methoxy groups -OCH3 is 1. The Morgan fingerprint density at radius 1 is 1.36 bits per heavy atom. The molecule has 1 atom stereocenters. The number of thioether (sulfide) groups is 1. The van der Waals surface area contributed by atoms with E-state index in [0.29, 0.717) is 17.7 Å². The number of hydrogen-bond acceptors (Lipinski definition) is 5. The molecule has 0 unspecified atom stereocenters.